The zero-order valence-electron chi connectivity index (χ0n) is 8.63. The quantitative estimate of drug-likeness (QED) is 0.571. The van der Waals surface area contributed by atoms with Gasteiger partial charge in [0.25, 0.3) is 0 Å². The van der Waals surface area contributed by atoms with Crippen LogP contribution in [-0.4, -0.2) is 0 Å². The number of rotatable bonds is 0. The van der Waals surface area contributed by atoms with Crippen molar-refractivity contribution in [1.82, 2.24) is 0 Å². The normalized spacial score (nSPS) is 22.9. The summed E-state index contributed by atoms with van der Waals surface area (Å²) in [7, 11) is 0. The Kier molecular flexibility index (Phi) is 2.08. The second-order valence-corrected chi connectivity index (χ2v) is 4.67. The lowest BCUT2D eigenvalue weighted by atomic mass is 9.90. The van der Waals surface area contributed by atoms with Crippen LogP contribution < -0.4 is 0 Å². The summed E-state index contributed by atoms with van der Waals surface area (Å²) in [6.45, 7) is 0. The molecule has 73 valence electrons. The van der Waals surface area contributed by atoms with Crippen LogP contribution in [0.25, 0.3) is 0 Å². The molecule has 0 atom stereocenters. The van der Waals surface area contributed by atoms with Crippen LogP contribution in [0.4, 0.5) is 0 Å². The summed E-state index contributed by atoms with van der Waals surface area (Å²) < 4.78 is 0. The standard InChI is InChI=1S/C14H17/c1-2-10-14-12-7-3-5-11(6-4-8-12)13(14)9-1/h1-2,9-11H,3-8H2. The lowest BCUT2D eigenvalue weighted by Gasteiger charge is -2.14. The molecule has 1 aromatic rings. The van der Waals surface area contributed by atoms with E-state index in [1.165, 1.54) is 38.5 Å². The molecule has 14 heavy (non-hydrogen) atoms. The molecular formula is C14H17. The van der Waals surface area contributed by atoms with E-state index >= 15 is 0 Å². The highest BCUT2D eigenvalue weighted by atomic mass is 14.3. The van der Waals surface area contributed by atoms with Crippen molar-refractivity contribution in [2.45, 2.75) is 44.4 Å². The second-order valence-electron chi connectivity index (χ2n) is 4.67. The molecule has 0 spiro atoms. The van der Waals surface area contributed by atoms with Crippen molar-refractivity contribution in [3.63, 3.8) is 0 Å². The van der Waals surface area contributed by atoms with E-state index in [9.17, 15) is 0 Å². The first-order valence-electron chi connectivity index (χ1n) is 5.89. The van der Waals surface area contributed by atoms with Gasteiger partial charge in [0.1, 0.15) is 0 Å². The van der Waals surface area contributed by atoms with Gasteiger partial charge in [-0.2, -0.15) is 0 Å². The van der Waals surface area contributed by atoms with Crippen molar-refractivity contribution in [3.8, 4) is 0 Å². The first-order valence-corrected chi connectivity index (χ1v) is 5.89. The number of hydrogen-bond donors (Lipinski definition) is 0. The van der Waals surface area contributed by atoms with Crippen LogP contribution in [0, 0.1) is 5.92 Å². The molecule has 0 N–H and O–H groups in total. The van der Waals surface area contributed by atoms with E-state index in [0.717, 1.165) is 5.92 Å². The Bertz CT molecular complexity index is 286. The maximum Gasteiger partial charge on any atom is 0.00527 e. The molecule has 2 aliphatic rings. The molecule has 1 aromatic carbocycles. The molecule has 0 heteroatoms. The summed E-state index contributed by atoms with van der Waals surface area (Å²) in [5.41, 5.74) is 3.25. The predicted molar refractivity (Wildman–Crippen MR) is 59.2 cm³/mol. The van der Waals surface area contributed by atoms with Gasteiger partial charge >= 0.3 is 0 Å². The average Bonchev–Trinajstić information content (AvgIpc) is 2.44. The minimum atomic E-state index is 0.867. The fourth-order valence-electron chi connectivity index (χ4n) is 3.15. The Morgan fingerprint density at radius 2 is 1.64 bits per heavy atom. The Morgan fingerprint density at radius 1 is 0.929 bits per heavy atom. The molecular weight excluding hydrogens is 168 g/mol. The van der Waals surface area contributed by atoms with E-state index in [1.54, 1.807) is 17.0 Å². The average molecular weight is 185 g/mol. The number of hydrogen-bond acceptors (Lipinski definition) is 0. The van der Waals surface area contributed by atoms with Crippen molar-refractivity contribution < 1.29 is 0 Å². The van der Waals surface area contributed by atoms with Crippen molar-refractivity contribution in [2.24, 2.45) is 0 Å². The van der Waals surface area contributed by atoms with E-state index in [1.807, 2.05) is 0 Å². The van der Waals surface area contributed by atoms with Gasteiger partial charge in [0, 0.05) is 5.92 Å². The molecule has 0 heterocycles. The van der Waals surface area contributed by atoms with Crippen LogP contribution in [0.1, 0.15) is 55.6 Å². The van der Waals surface area contributed by atoms with Crippen LogP contribution in [0.15, 0.2) is 24.3 Å². The van der Waals surface area contributed by atoms with Gasteiger partial charge in [-0.05, 0) is 42.7 Å². The Labute approximate surface area is 86.3 Å². The van der Waals surface area contributed by atoms with Gasteiger partial charge in [-0.1, -0.05) is 37.1 Å². The SMILES string of the molecule is c1ccc2c(c1)[C]1CCCC2CCC1. The highest BCUT2D eigenvalue weighted by molar-refractivity contribution is 5.42. The summed E-state index contributed by atoms with van der Waals surface area (Å²) in [5, 5.41) is 0. The van der Waals surface area contributed by atoms with Crippen molar-refractivity contribution in [3.05, 3.63) is 41.3 Å². The van der Waals surface area contributed by atoms with E-state index in [2.05, 4.69) is 24.3 Å². The third-order valence-corrected chi connectivity index (χ3v) is 3.84. The first kappa shape index (κ1) is 8.52. The Balaban J connectivity index is 2.13. The molecule has 0 saturated heterocycles. The summed E-state index contributed by atoms with van der Waals surface area (Å²) in [5.74, 6) is 2.60. The molecule has 2 bridgehead atoms. The second kappa shape index (κ2) is 3.42. The zero-order valence-corrected chi connectivity index (χ0v) is 8.63. The first-order chi connectivity index (χ1) is 6.95. The van der Waals surface area contributed by atoms with Gasteiger partial charge in [-0.25, -0.2) is 0 Å². The van der Waals surface area contributed by atoms with Gasteiger partial charge in [0.2, 0.25) is 0 Å². The maximum atomic E-state index is 2.36. The van der Waals surface area contributed by atoms with Crippen LogP contribution in [0.2, 0.25) is 0 Å². The fraction of sp³-hybridized carbons (Fsp3) is 0.500. The van der Waals surface area contributed by atoms with Crippen LogP contribution >= 0.6 is 0 Å². The molecule has 0 unspecified atom stereocenters. The van der Waals surface area contributed by atoms with Crippen molar-refractivity contribution >= 4 is 0 Å². The highest BCUT2D eigenvalue weighted by Crippen LogP contribution is 2.44. The van der Waals surface area contributed by atoms with E-state index in [-0.39, 0.29) is 0 Å². The summed E-state index contributed by atoms with van der Waals surface area (Å²) in [6.07, 6.45) is 8.37. The van der Waals surface area contributed by atoms with Crippen LogP contribution in [-0.2, 0) is 0 Å². The molecule has 2 aliphatic carbocycles. The lowest BCUT2D eigenvalue weighted by Crippen LogP contribution is -1.98. The minimum absolute atomic E-state index is 0.867. The van der Waals surface area contributed by atoms with E-state index in [4.69, 9.17) is 0 Å². The van der Waals surface area contributed by atoms with Crippen LogP contribution in [0.3, 0.4) is 0 Å². The van der Waals surface area contributed by atoms with Crippen molar-refractivity contribution in [1.29, 1.82) is 0 Å². The molecule has 0 aliphatic heterocycles. The van der Waals surface area contributed by atoms with Gasteiger partial charge in [0.15, 0.2) is 0 Å². The molecule has 1 radical (unpaired) electrons. The third kappa shape index (κ3) is 1.28. The Morgan fingerprint density at radius 3 is 2.43 bits per heavy atom. The maximum absolute atomic E-state index is 2.36. The smallest absolute Gasteiger partial charge is 0.00527 e. The van der Waals surface area contributed by atoms with Gasteiger partial charge < -0.3 is 0 Å². The summed E-state index contributed by atoms with van der Waals surface area (Å²) in [4.78, 5) is 0. The molecule has 3 rings (SSSR count). The van der Waals surface area contributed by atoms with Crippen molar-refractivity contribution in [2.75, 3.05) is 0 Å². The minimum Gasteiger partial charge on any atom is -0.0620 e. The fourth-order valence-corrected chi connectivity index (χ4v) is 3.15. The molecule has 0 fully saturated rings. The largest absolute Gasteiger partial charge is 0.0620 e. The summed E-state index contributed by atoms with van der Waals surface area (Å²) in [6, 6.07) is 9.11. The topological polar surface area (TPSA) is 0 Å². The molecule has 0 nitrogen and oxygen atoms in total. The van der Waals surface area contributed by atoms with E-state index in [0.29, 0.717) is 0 Å². The number of benzene rings is 1. The lowest BCUT2D eigenvalue weighted by molar-refractivity contribution is 0.506. The Hall–Kier alpha value is -0.780. The van der Waals surface area contributed by atoms with Gasteiger partial charge in [-0.15, -0.1) is 0 Å². The van der Waals surface area contributed by atoms with Crippen LogP contribution in [0.5, 0.6) is 0 Å². The highest BCUT2D eigenvalue weighted by Gasteiger charge is 2.27. The van der Waals surface area contributed by atoms with E-state index < -0.39 is 0 Å². The third-order valence-electron chi connectivity index (χ3n) is 3.84. The zero-order chi connectivity index (χ0) is 9.38. The monoisotopic (exact) mass is 185 g/mol. The van der Waals surface area contributed by atoms with Gasteiger partial charge in [-0.3, -0.25) is 0 Å². The predicted octanol–water partition coefficient (Wildman–Crippen LogP) is 4.06. The molecule has 0 aromatic heterocycles. The van der Waals surface area contributed by atoms with Gasteiger partial charge in [0.05, 0.1) is 0 Å². The summed E-state index contributed by atoms with van der Waals surface area (Å²) >= 11 is 0. The molecule has 0 amide bonds. The molecule has 0 saturated carbocycles.